The third-order valence-corrected chi connectivity index (χ3v) is 5.61. The van der Waals surface area contributed by atoms with Gasteiger partial charge in [-0.05, 0) is 79.8 Å². The Bertz CT molecular complexity index is 1010. The van der Waals surface area contributed by atoms with Crippen molar-refractivity contribution in [3.63, 3.8) is 0 Å². The van der Waals surface area contributed by atoms with E-state index in [0.717, 1.165) is 24.3 Å². The molecule has 2 heterocycles. The molecule has 1 aromatic heterocycles. The lowest BCUT2D eigenvalue weighted by Gasteiger charge is -2.32. The highest BCUT2D eigenvalue weighted by Gasteiger charge is 2.26. The minimum atomic E-state index is -0.00862. The minimum Gasteiger partial charge on any atom is -0.508 e. The summed E-state index contributed by atoms with van der Waals surface area (Å²) in [5.41, 5.74) is 2.63. The predicted molar refractivity (Wildman–Crippen MR) is 121 cm³/mol. The van der Waals surface area contributed by atoms with Gasteiger partial charge in [0.05, 0.1) is 12.2 Å². The zero-order chi connectivity index (χ0) is 21.6. The topological polar surface area (TPSA) is 74.7 Å². The number of nitrogens with one attached hydrogen (secondary N) is 1. The molecule has 1 saturated heterocycles. The van der Waals surface area contributed by atoms with E-state index in [9.17, 15) is 9.90 Å². The summed E-state index contributed by atoms with van der Waals surface area (Å²) in [5, 5.41) is 12.8. The number of hydrogen-bond donors (Lipinski definition) is 2. The standard InChI is InChI=1S/C25H27N3O3/c1-2-31-22-11-7-20(8-12-22)27-24-23(4-3-15-26-24)25(30)28-16-13-19(14-17-28)18-5-9-21(29)10-6-18/h3-12,15,19,29H,2,13-14,16-17H2,1H3,(H,26,27). The molecular weight excluding hydrogens is 390 g/mol. The Kier molecular flexibility index (Phi) is 6.36. The third-order valence-electron chi connectivity index (χ3n) is 5.61. The molecule has 0 aliphatic carbocycles. The number of hydrogen-bond acceptors (Lipinski definition) is 5. The lowest BCUT2D eigenvalue weighted by molar-refractivity contribution is 0.0713. The van der Waals surface area contributed by atoms with Crippen molar-refractivity contribution in [2.75, 3.05) is 25.0 Å². The fourth-order valence-electron chi connectivity index (χ4n) is 3.95. The van der Waals surface area contributed by atoms with Crippen LogP contribution in [0.2, 0.25) is 0 Å². The summed E-state index contributed by atoms with van der Waals surface area (Å²) in [6.07, 6.45) is 3.49. The molecule has 31 heavy (non-hydrogen) atoms. The third kappa shape index (κ3) is 4.97. The predicted octanol–water partition coefficient (Wildman–Crippen LogP) is 4.95. The molecule has 6 heteroatoms. The van der Waals surface area contributed by atoms with Crippen molar-refractivity contribution in [3.05, 3.63) is 78.0 Å². The van der Waals surface area contributed by atoms with Gasteiger partial charge in [-0.15, -0.1) is 0 Å². The fourth-order valence-corrected chi connectivity index (χ4v) is 3.95. The first kappa shape index (κ1) is 20.7. The van der Waals surface area contributed by atoms with E-state index < -0.39 is 0 Å². The zero-order valence-corrected chi connectivity index (χ0v) is 17.6. The summed E-state index contributed by atoms with van der Waals surface area (Å²) in [4.78, 5) is 19.5. The first-order chi connectivity index (χ1) is 15.1. The van der Waals surface area contributed by atoms with E-state index in [-0.39, 0.29) is 11.7 Å². The average molecular weight is 418 g/mol. The van der Waals surface area contributed by atoms with Crippen molar-refractivity contribution in [3.8, 4) is 11.5 Å². The number of phenolic OH excluding ortho intramolecular Hbond substituents is 1. The molecule has 3 aromatic rings. The second-order valence-corrected chi connectivity index (χ2v) is 7.64. The molecule has 0 saturated carbocycles. The van der Waals surface area contributed by atoms with Crippen LogP contribution in [0.4, 0.5) is 11.5 Å². The molecule has 0 unspecified atom stereocenters. The molecule has 1 aliphatic rings. The van der Waals surface area contributed by atoms with E-state index in [2.05, 4.69) is 10.3 Å². The Balaban J connectivity index is 1.43. The summed E-state index contributed by atoms with van der Waals surface area (Å²) < 4.78 is 5.48. The number of benzene rings is 2. The van der Waals surface area contributed by atoms with Crippen LogP contribution in [0.15, 0.2) is 66.9 Å². The molecule has 1 amide bonds. The van der Waals surface area contributed by atoms with Gasteiger partial charge in [-0.25, -0.2) is 4.98 Å². The minimum absolute atomic E-state index is 0.00862. The van der Waals surface area contributed by atoms with Gasteiger partial charge >= 0.3 is 0 Å². The Morgan fingerprint density at radius 2 is 1.81 bits per heavy atom. The molecule has 6 nitrogen and oxygen atoms in total. The molecule has 1 fully saturated rings. The monoisotopic (exact) mass is 417 g/mol. The number of likely N-dealkylation sites (tertiary alicyclic amines) is 1. The number of piperidine rings is 1. The van der Waals surface area contributed by atoms with Crippen LogP contribution in [-0.4, -0.2) is 40.6 Å². The summed E-state index contributed by atoms with van der Waals surface area (Å²) in [6.45, 7) is 3.96. The summed E-state index contributed by atoms with van der Waals surface area (Å²) in [7, 11) is 0. The van der Waals surface area contributed by atoms with Crippen molar-refractivity contribution < 1.29 is 14.6 Å². The van der Waals surface area contributed by atoms with E-state index in [1.54, 1.807) is 24.4 Å². The van der Waals surface area contributed by atoms with Gasteiger partial charge in [0.25, 0.3) is 5.91 Å². The number of pyridine rings is 1. The van der Waals surface area contributed by atoms with E-state index >= 15 is 0 Å². The van der Waals surface area contributed by atoms with E-state index in [1.165, 1.54) is 5.56 Å². The normalized spacial score (nSPS) is 14.3. The van der Waals surface area contributed by atoms with Crippen LogP contribution in [0.3, 0.4) is 0 Å². The van der Waals surface area contributed by atoms with Gasteiger partial charge in [0.2, 0.25) is 0 Å². The molecule has 2 aromatic carbocycles. The first-order valence-corrected chi connectivity index (χ1v) is 10.7. The van der Waals surface area contributed by atoms with Gasteiger partial charge in [-0.1, -0.05) is 12.1 Å². The Morgan fingerprint density at radius 3 is 2.48 bits per heavy atom. The van der Waals surface area contributed by atoms with Crippen LogP contribution >= 0.6 is 0 Å². The van der Waals surface area contributed by atoms with Crippen LogP contribution in [-0.2, 0) is 0 Å². The lowest BCUT2D eigenvalue weighted by atomic mass is 9.89. The number of amides is 1. The number of rotatable bonds is 6. The van der Waals surface area contributed by atoms with Gasteiger partial charge in [-0.3, -0.25) is 4.79 Å². The number of carbonyl (C=O) groups is 1. The molecular formula is C25H27N3O3. The number of aromatic hydroxyl groups is 1. The molecule has 1 aliphatic heterocycles. The Hall–Kier alpha value is -3.54. The average Bonchev–Trinajstić information content (AvgIpc) is 2.81. The van der Waals surface area contributed by atoms with Crippen LogP contribution in [0.25, 0.3) is 0 Å². The van der Waals surface area contributed by atoms with Gasteiger partial charge < -0.3 is 20.1 Å². The van der Waals surface area contributed by atoms with E-state index in [0.29, 0.717) is 37.0 Å². The van der Waals surface area contributed by atoms with Crippen molar-refractivity contribution in [2.24, 2.45) is 0 Å². The van der Waals surface area contributed by atoms with Crippen molar-refractivity contribution in [1.82, 2.24) is 9.88 Å². The molecule has 0 spiro atoms. The van der Waals surface area contributed by atoms with E-state index in [1.807, 2.05) is 54.3 Å². The maximum atomic E-state index is 13.2. The molecule has 4 rings (SSSR count). The zero-order valence-electron chi connectivity index (χ0n) is 17.6. The van der Waals surface area contributed by atoms with Crippen molar-refractivity contribution in [1.29, 1.82) is 0 Å². The number of aromatic nitrogens is 1. The lowest BCUT2D eigenvalue weighted by Crippen LogP contribution is -2.38. The highest BCUT2D eigenvalue weighted by Crippen LogP contribution is 2.30. The largest absolute Gasteiger partial charge is 0.508 e. The molecule has 0 radical (unpaired) electrons. The smallest absolute Gasteiger partial charge is 0.257 e. The highest BCUT2D eigenvalue weighted by molar-refractivity contribution is 5.99. The Morgan fingerprint density at radius 1 is 1.10 bits per heavy atom. The summed E-state index contributed by atoms with van der Waals surface area (Å²) >= 11 is 0. The molecule has 2 N–H and O–H groups in total. The van der Waals surface area contributed by atoms with Gasteiger partial charge in [0.15, 0.2) is 0 Å². The van der Waals surface area contributed by atoms with E-state index in [4.69, 9.17) is 4.74 Å². The highest BCUT2D eigenvalue weighted by atomic mass is 16.5. The number of nitrogens with zero attached hydrogens (tertiary/aromatic N) is 2. The quantitative estimate of drug-likeness (QED) is 0.594. The maximum absolute atomic E-state index is 13.2. The number of anilines is 2. The second-order valence-electron chi connectivity index (χ2n) is 7.64. The van der Waals surface area contributed by atoms with Gasteiger partial charge in [-0.2, -0.15) is 0 Å². The number of ether oxygens (including phenoxy) is 1. The van der Waals surface area contributed by atoms with Gasteiger partial charge in [0.1, 0.15) is 17.3 Å². The van der Waals surface area contributed by atoms with Crippen molar-refractivity contribution >= 4 is 17.4 Å². The van der Waals surface area contributed by atoms with Crippen LogP contribution < -0.4 is 10.1 Å². The summed E-state index contributed by atoms with van der Waals surface area (Å²) in [5.74, 6) is 2.03. The van der Waals surface area contributed by atoms with Crippen molar-refractivity contribution in [2.45, 2.75) is 25.7 Å². The molecule has 0 atom stereocenters. The van der Waals surface area contributed by atoms with Gasteiger partial charge in [0, 0.05) is 25.0 Å². The van der Waals surface area contributed by atoms with Crippen LogP contribution in [0, 0.1) is 0 Å². The second kappa shape index (κ2) is 9.51. The fraction of sp³-hybridized carbons (Fsp3) is 0.280. The molecule has 0 bridgehead atoms. The number of phenols is 1. The summed E-state index contributed by atoms with van der Waals surface area (Å²) in [6, 6.07) is 18.6. The first-order valence-electron chi connectivity index (χ1n) is 10.7. The van der Waals surface area contributed by atoms with Crippen LogP contribution in [0.1, 0.15) is 41.6 Å². The SMILES string of the molecule is CCOc1ccc(Nc2ncccc2C(=O)N2CCC(c3ccc(O)cc3)CC2)cc1. The number of carbonyl (C=O) groups excluding carboxylic acids is 1. The molecule has 160 valence electrons. The van der Waals surface area contributed by atoms with Crippen LogP contribution in [0.5, 0.6) is 11.5 Å². The maximum Gasteiger partial charge on any atom is 0.257 e. The Labute approximate surface area is 182 Å².